The minimum Gasteiger partial charge on any atom is -0.369 e. The summed E-state index contributed by atoms with van der Waals surface area (Å²) in [6.07, 6.45) is 0.731. The lowest BCUT2D eigenvalue weighted by molar-refractivity contribution is -0.127. The van der Waals surface area contributed by atoms with Gasteiger partial charge in [0, 0.05) is 30.6 Å². The van der Waals surface area contributed by atoms with Crippen molar-refractivity contribution in [2.45, 2.75) is 44.3 Å². The molecule has 4 atom stereocenters. The van der Waals surface area contributed by atoms with Gasteiger partial charge in [-0.1, -0.05) is 12.1 Å². The van der Waals surface area contributed by atoms with Gasteiger partial charge in [0.1, 0.15) is 23.0 Å². The Kier molecular flexibility index (Phi) is 8.14. The lowest BCUT2D eigenvalue weighted by atomic mass is 9.75. The summed E-state index contributed by atoms with van der Waals surface area (Å²) in [5.74, 6) is -1.70. The van der Waals surface area contributed by atoms with Crippen LogP contribution >= 0.6 is 11.3 Å². The molecule has 2 fully saturated rings. The number of sulfone groups is 1. The van der Waals surface area contributed by atoms with Crippen LogP contribution in [0.25, 0.3) is 21.1 Å². The standard InChI is InChI=1S/C28H29F2N5O3S2/c1-17(15-31)33-27(36)23-14-19(29)4-8-22(23)25-26(39-28(34-25)24-9-5-20(30)16-32-24)18-2-6-21(7-3-18)35-10-12-40(37,38)13-11-35/h2-3,5-7,9,16-17,19,22-23H,4,8,10-14H2,1H3,(H,33,36)/t17-,19-,22+,23+/m0/s1. The summed E-state index contributed by atoms with van der Waals surface area (Å²) in [7, 11) is -3.00. The van der Waals surface area contributed by atoms with Crippen LogP contribution in [-0.4, -0.2) is 61.1 Å². The smallest absolute Gasteiger partial charge is 0.224 e. The number of amides is 1. The molecule has 2 aliphatic rings. The van der Waals surface area contributed by atoms with E-state index in [0.29, 0.717) is 42.3 Å². The summed E-state index contributed by atoms with van der Waals surface area (Å²) < 4.78 is 51.8. The molecule has 3 aromatic rings. The second-order valence-corrected chi connectivity index (χ2v) is 13.6. The van der Waals surface area contributed by atoms with E-state index in [-0.39, 0.29) is 29.8 Å². The van der Waals surface area contributed by atoms with Gasteiger partial charge in [-0.3, -0.25) is 9.78 Å². The molecule has 0 radical (unpaired) electrons. The maximum Gasteiger partial charge on any atom is 0.224 e. The number of nitrogens with zero attached hydrogens (tertiary/aromatic N) is 4. The molecule has 1 aromatic carbocycles. The zero-order chi connectivity index (χ0) is 28.4. The highest BCUT2D eigenvalue weighted by Gasteiger charge is 2.39. The first-order valence-corrected chi connectivity index (χ1v) is 15.8. The third-order valence-corrected chi connectivity index (χ3v) is 10.2. The van der Waals surface area contributed by atoms with Gasteiger partial charge in [-0.2, -0.15) is 5.26 Å². The van der Waals surface area contributed by atoms with Gasteiger partial charge < -0.3 is 10.2 Å². The molecule has 12 heteroatoms. The van der Waals surface area contributed by atoms with Crippen LogP contribution in [0.15, 0.2) is 42.6 Å². The molecular weight excluding hydrogens is 556 g/mol. The maximum absolute atomic E-state index is 14.6. The van der Waals surface area contributed by atoms with Gasteiger partial charge >= 0.3 is 0 Å². The molecule has 1 amide bonds. The number of alkyl halides is 1. The van der Waals surface area contributed by atoms with Gasteiger partial charge in [0.25, 0.3) is 0 Å². The molecule has 1 aliphatic heterocycles. The number of nitriles is 1. The predicted octanol–water partition coefficient (Wildman–Crippen LogP) is 4.50. The highest BCUT2D eigenvalue weighted by Crippen LogP contribution is 2.46. The Hall–Kier alpha value is -3.43. The Morgan fingerprint density at radius 2 is 1.90 bits per heavy atom. The topological polar surface area (TPSA) is 116 Å². The molecule has 3 heterocycles. The number of rotatable bonds is 6. The molecule has 0 unspecified atom stereocenters. The van der Waals surface area contributed by atoms with E-state index in [4.69, 9.17) is 4.98 Å². The average molecular weight is 586 g/mol. The summed E-state index contributed by atoms with van der Waals surface area (Å²) in [6, 6.07) is 11.9. The normalized spacial score (nSPS) is 23.2. The van der Waals surface area contributed by atoms with Crippen LogP contribution in [0.5, 0.6) is 0 Å². The molecule has 8 nitrogen and oxygen atoms in total. The first kappa shape index (κ1) is 28.1. The maximum atomic E-state index is 14.6. The largest absolute Gasteiger partial charge is 0.369 e. The number of nitrogens with one attached hydrogen (secondary N) is 1. The molecule has 2 aromatic heterocycles. The number of anilines is 1. The SMILES string of the molecule is C[C@@H](C#N)NC(=O)[C@@H]1C[C@@H](F)CC[C@H]1c1nc(-c2ccc(F)cn2)sc1-c1ccc(N2CCS(=O)(=O)CC2)cc1. The lowest BCUT2D eigenvalue weighted by Gasteiger charge is -2.32. The molecule has 5 rings (SSSR count). The van der Waals surface area contributed by atoms with Gasteiger partial charge in [-0.25, -0.2) is 22.2 Å². The second kappa shape index (κ2) is 11.6. The van der Waals surface area contributed by atoms with Gasteiger partial charge in [0.2, 0.25) is 5.91 Å². The number of benzene rings is 1. The predicted molar refractivity (Wildman–Crippen MR) is 150 cm³/mol. The van der Waals surface area contributed by atoms with Crippen molar-refractivity contribution in [2.75, 3.05) is 29.5 Å². The Morgan fingerprint density at radius 1 is 1.18 bits per heavy atom. The third-order valence-electron chi connectivity index (χ3n) is 7.47. The van der Waals surface area contributed by atoms with Crippen LogP contribution in [0.1, 0.15) is 37.8 Å². The van der Waals surface area contributed by atoms with Crippen molar-refractivity contribution in [3.05, 3.63) is 54.1 Å². The summed E-state index contributed by atoms with van der Waals surface area (Å²) in [6.45, 7) is 2.44. The fraction of sp³-hybridized carbons (Fsp3) is 0.429. The lowest BCUT2D eigenvalue weighted by Crippen LogP contribution is -2.41. The van der Waals surface area contributed by atoms with Gasteiger partial charge in [-0.05, 0) is 56.0 Å². The highest BCUT2D eigenvalue weighted by molar-refractivity contribution is 7.91. The molecule has 1 saturated carbocycles. The molecule has 210 valence electrons. The molecular formula is C28H29F2N5O3S2. The minimum atomic E-state index is -3.00. The number of halogens is 2. The number of aromatic nitrogens is 2. The van der Waals surface area contributed by atoms with Gasteiger partial charge in [0.05, 0.1) is 40.0 Å². The zero-order valence-electron chi connectivity index (χ0n) is 21.9. The van der Waals surface area contributed by atoms with E-state index < -0.39 is 33.8 Å². The quantitative estimate of drug-likeness (QED) is 0.453. The Balaban J connectivity index is 1.52. The molecule has 1 saturated heterocycles. The number of carbonyl (C=O) groups excluding carboxylic acids is 1. The van der Waals surface area contributed by atoms with Crippen LogP contribution in [0.4, 0.5) is 14.5 Å². The van der Waals surface area contributed by atoms with Crippen LogP contribution in [0.2, 0.25) is 0 Å². The van der Waals surface area contributed by atoms with E-state index in [1.165, 1.54) is 17.4 Å². The van der Waals surface area contributed by atoms with Crippen molar-refractivity contribution in [3.63, 3.8) is 0 Å². The first-order chi connectivity index (χ1) is 19.1. The van der Waals surface area contributed by atoms with Crippen LogP contribution in [0, 0.1) is 23.1 Å². The highest BCUT2D eigenvalue weighted by atomic mass is 32.2. The summed E-state index contributed by atoms with van der Waals surface area (Å²) in [5, 5.41) is 12.4. The van der Waals surface area contributed by atoms with E-state index in [2.05, 4.69) is 10.3 Å². The van der Waals surface area contributed by atoms with Gasteiger partial charge in [-0.15, -0.1) is 11.3 Å². The van der Waals surface area contributed by atoms with E-state index >= 15 is 0 Å². The van der Waals surface area contributed by atoms with E-state index in [0.717, 1.165) is 22.3 Å². The third kappa shape index (κ3) is 6.15. The second-order valence-electron chi connectivity index (χ2n) is 10.3. The van der Waals surface area contributed by atoms with Crippen molar-refractivity contribution in [1.82, 2.24) is 15.3 Å². The van der Waals surface area contributed by atoms with Crippen molar-refractivity contribution in [1.29, 1.82) is 5.26 Å². The number of hydrogen-bond acceptors (Lipinski definition) is 8. The fourth-order valence-electron chi connectivity index (χ4n) is 5.29. The van der Waals surface area contributed by atoms with Gasteiger partial charge in [0.15, 0.2) is 9.84 Å². The molecule has 0 spiro atoms. The van der Waals surface area contributed by atoms with Crippen molar-refractivity contribution in [3.8, 4) is 27.2 Å². The molecule has 1 aliphatic carbocycles. The Labute approximate surface area is 236 Å². The molecule has 1 N–H and O–H groups in total. The summed E-state index contributed by atoms with van der Waals surface area (Å²) in [4.78, 5) is 25.1. The number of hydrogen-bond donors (Lipinski definition) is 1. The fourth-order valence-corrected chi connectivity index (χ4v) is 7.60. The summed E-state index contributed by atoms with van der Waals surface area (Å²) >= 11 is 1.37. The van der Waals surface area contributed by atoms with Crippen molar-refractivity contribution >= 4 is 32.8 Å². The first-order valence-electron chi connectivity index (χ1n) is 13.2. The van der Waals surface area contributed by atoms with E-state index in [1.54, 1.807) is 13.0 Å². The Morgan fingerprint density at radius 3 is 2.55 bits per heavy atom. The Bertz CT molecular complexity index is 1510. The van der Waals surface area contributed by atoms with E-state index in [1.807, 2.05) is 35.2 Å². The van der Waals surface area contributed by atoms with Crippen LogP contribution in [-0.2, 0) is 14.6 Å². The molecule has 40 heavy (non-hydrogen) atoms. The average Bonchev–Trinajstić information content (AvgIpc) is 3.38. The van der Waals surface area contributed by atoms with E-state index in [9.17, 15) is 27.3 Å². The monoisotopic (exact) mass is 585 g/mol. The molecule has 0 bridgehead atoms. The van der Waals surface area contributed by atoms with Crippen LogP contribution < -0.4 is 10.2 Å². The number of pyridine rings is 1. The summed E-state index contributed by atoms with van der Waals surface area (Å²) in [5.41, 5.74) is 2.90. The number of thiazole rings is 1. The van der Waals surface area contributed by atoms with Crippen molar-refractivity contribution < 1.29 is 22.0 Å². The number of carbonyl (C=O) groups is 1. The zero-order valence-corrected chi connectivity index (χ0v) is 23.5. The minimum absolute atomic E-state index is 0.0343. The van der Waals surface area contributed by atoms with Crippen molar-refractivity contribution in [2.24, 2.45) is 5.92 Å². The van der Waals surface area contributed by atoms with Crippen LogP contribution in [0.3, 0.4) is 0 Å².